The Labute approximate surface area is 675 Å². The predicted molar refractivity (Wildman–Crippen MR) is 449 cm³/mol. The number of nitrogens with one attached hydrogen (secondary N) is 1. The van der Waals surface area contributed by atoms with Gasteiger partial charge in [-0.2, -0.15) is 19.2 Å². The average molecular weight is 1750 g/mol. The van der Waals surface area contributed by atoms with E-state index < -0.39 is 43.5 Å². The molecule has 0 saturated heterocycles. The summed E-state index contributed by atoms with van der Waals surface area (Å²) in [5, 5.41) is 9.78. The van der Waals surface area contributed by atoms with Gasteiger partial charge in [-0.05, 0) is 120 Å². The third kappa shape index (κ3) is 27.5. The van der Waals surface area contributed by atoms with Crippen LogP contribution < -0.4 is 16.0 Å². The van der Waals surface area contributed by atoms with E-state index in [0.717, 1.165) is 90.4 Å². The van der Waals surface area contributed by atoms with Crippen LogP contribution in [-0.2, 0) is 66.4 Å². The minimum absolute atomic E-state index is 0. The van der Waals surface area contributed by atoms with Crippen LogP contribution in [0.3, 0.4) is 0 Å². The van der Waals surface area contributed by atoms with E-state index in [1.54, 1.807) is 59.3 Å². The predicted octanol–water partition coefficient (Wildman–Crippen LogP) is 14.0. The number of aromatic amines is 1. The Morgan fingerprint density at radius 3 is 1.20 bits per heavy atom. The highest BCUT2D eigenvalue weighted by atomic mass is 79.9. The van der Waals surface area contributed by atoms with Crippen LogP contribution >= 0.6 is 31.9 Å². The van der Waals surface area contributed by atoms with Crippen molar-refractivity contribution < 1.29 is 76.7 Å². The second kappa shape index (κ2) is 44.4. The number of imidazole rings is 1. The first kappa shape index (κ1) is 94.2. The molecule has 9 rings (SSSR count). The summed E-state index contributed by atoms with van der Waals surface area (Å²) in [4.78, 5) is 69.7. The smallest absolute Gasteiger partial charge is 0.338 e. The molecule has 6 N–H and O–H groups in total. The maximum absolute atomic E-state index is 13.5. The summed E-state index contributed by atoms with van der Waals surface area (Å²) in [6.07, 6.45) is 15.7. The van der Waals surface area contributed by atoms with Crippen molar-refractivity contribution >= 4 is 105 Å². The Hall–Kier alpha value is -5.69. The molecule has 0 unspecified atom stereocenters. The van der Waals surface area contributed by atoms with Crippen molar-refractivity contribution in [3.05, 3.63) is 87.5 Å². The molecule has 0 aliphatic heterocycles. The van der Waals surface area contributed by atoms with Gasteiger partial charge in [0.1, 0.15) is 51.5 Å². The SMILES string of the molecule is COCCOC(=O)C1(OCCOC)CCC(c2nc3c(-c4ccc(-c5ncc[nH]5)nc4)cnn3c(N(COCC[Si](C)(C)C)COCC[Si](C)(C)C)c2Br)CC1.COCCOC(=O)C1(OCCOC)CCC(c2nc3c(-c4ccc(C=O)nc4)cnn3c(N(COCC[Si](C)(C)C)COCC[Si](C)(C)C)c2Br)CC1.N.O. The molecule has 7 aromatic heterocycles. The highest BCUT2D eigenvalue weighted by molar-refractivity contribution is 9.11. The molecule has 618 valence electrons. The Balaban J connectivity index is 0.000000341. The number of methoxy groups -OCH3 is 4. The summed E-state index contributed by atoms with van der Waals surface area (Å²) in [6.45, 7) is 34.2. The van der Waals surface area contributed by atoms with Crippen LogP contribution in [0, 0.1) is 0 Å². The molecule has 29 nitrogen and oxygen atoms in total. The maximum atomic E-state index is 13.5. The summed E-state index contributed by atoms with van der Waals surface area (Å²) in [5.41, 5.74) is 5.25. The Kier molecular flexibility index (Phi) is 37.7. The lowest BCUT2D eigenvalue weighted by molar-refractivity contribution is -0.181. The lowest BCUT2D eigenvalue weighted by Crippen LogP contribution is -2.46. The van der Waals surface area contributed by atoms with Gasteiger partial charge in [0.2, 0.25) is 0 Å². The van der Waals surface area contributed by atoms with E-state index >= 15 is 0 Å². The number of carbonyl (C=O) groups is 3. The van der Waals surface area contributed by atoms with Gasteiger partial charge in [0, 0.05) is 146 Å². The monoisotopic (exact) mass is 1740 g/mol. The van der Waals surface area contributed by atoms with Crippen molar-refractivity contribution in [1.29, 1.82) is 0 Å². The van der Waals surface area contributed by atoms with Crippen molar-refractivity contribution in [1.82, 2.24) is 55.3 Å². The summed E-state index contributed by atoms with van der Waals surface area (Å²) in [6, 6.07) is 11.7. The van der Waals surface area contributed by atoms with E-state index in [4.69, 9.17) is 82.0 Å². The Bertz CT molecular complexity index is 3910. The zero-order chi connectivity index (χ0) is 79.0. The number of ether oxygens (including phenoxy) is 12. The summed E-state index contributed by atoms with van der Waals surface area (Å²) >= 11 is 8.02. The van der Waals surface area contributed by atoms with Crippen molar-refractivity contribution in [2.24, 2.45) is 0 Å². The second-order valence-corrected chi connectivity index (χ2v) is 56.8. The fourth-order valence-corrected chi connectivity index (χ4v) is 17.3. The van der Waals surface area contributed by atoms with E-state index in [1.807, 2.05) is 39.6 Å². The van der Waals surface area contributed by atoms with Gasteiger partial charge < -0.3 is 83.3 Å². The van der Waals surface area contributed by atoms with Gasteiger partial charge in [-0.15, -0.1) is 0 Å². The third-order valence-electron chi connectivity index (χ3n) is 19.3. The zero-order valence-electron chi connectivity index (χ0n) is 68.3. The molecule has 0 spiro atoms. The quantitative estimate of drug-likeness (QED) is 0.0118. The van der Waals surface area contributed by atoms with Crippen LogP contribution in [0.25, 0.3) is 45.1 Å². The van der Waals surface area contributed by atoms with Crippen LogP contribution in [0.15, 0.2) is 70.4 Å². The minimum atomic E-state index is -1.32. The van der Waals surface area contributed by atoms with Crippen LogP contribution in [-0.4, -0.2) is 251 Å². The van der Waals surface area contributed by atoms with Gasteiger partial charge in [0.15, 0.2) is 46.2 Å². The first-order chi connectivity index (χ1) is 52.0. The Morgan fingerprint density at radius 2 is 0.883 bits per heavy atom. The zero-order valence-corrected chi connectivity index (χ0v) is 75.5. The standard InChI is InChI=1S/C39H60BrN7O7Si2.C37H58BrN5O8Si2.H3N.H2O/c1-49-17-19-53-38(48)39(54-20-18-50-2)13-11-29(12-14-39)34-33(40)37(46(27-51-21-23-55(3,4)5)28-52-22-24-56(6,7)8)47-36(45-34)31(26-44-47)30-9-10-32(43-25-30)35-41-15-16-42-35;1-46-15-17-50-36(45)37(51-18-16-47-2)13-11-28(12-14-37)33-32(38)35(42(26-48-19-21-52(3,4)5)27-49-20-22-53(6,7)8)43-34(41-33)31(24-40-43)29-9-10-30(25-44)39-23-29;;/h9-10,15-16,25-26,29H,11-14,17-24,27-28H2,1-8H3,(H,41,42);9-10,23-25,28H,11-22,26-27H2,1-8H3;1H3;1H2. The molecular weight excluding hydrogens is 1620 g/mol. The number of halogens is 2. The molecule has 7 aromatic rings. The van der Waals surface area contributed by atoms with Crippen LogP contribution in [0.5, 0.6) is 0 Å². The van der Waals surface area contributed by atoms with Gasteiger partial charge in [-0.1, -0.05) is 90.7 Å². The molecule has 35 heteroatoms. The molecule has 2 aliphatic rings. The van der Waals surface area contributed by atoms with Gasteiger partial charge >= 0.3 is 11.9 Å². The summed E-state index contributed by atoms with van der Waals surface area (Å²) in [7, 11) is 1.10. The first-order valence-corrected chi connectivity index (χ1v) is 54.3. The molecule has 2 saturated carbocycles. The van der Waals surface area contributed by atoms with Gasteiger partial charge in [0.25, 0.3) is 0 Å². The molecule has 0 bridgehead atoms. The van der Waals surface area contributed by atoms with Crippen LogP contribution in [0.1, 0.15) is 85.1 Å². The fourth-order valence-electron chi connectivity index (χ4n) is 12.6. The van der Waals surface area contributed by atoms with E-state index in [9.17, 15) is 14.4 Å². The number of fused-ring (bicyclic) bond motifs is 2. The van der Waals surface area contributed by atoms with Gasteiger partial charge in [0.05, 0.1) is 72.4 Å². The largest absolute Gasteiger partial charge is 0.461 e. The summed E-state index contributed by atoms with van der Waals surface area (Å²) in [5.74, 6) is 1.50. The van der Waals surface area contributed by atoms with Crippen molar-refractivity contribution in [3.63, 3.8) is 0 Å². The normalized spacial score (nSPS) is 17.6. The lowest BCUT2D eigenvalue weighted by atomic mass is 9.77. The van der Waals surface area contributed by atoms with Gasteiger partial charge in [-0.25, -0.2) is 24.5 Å². The molecule has 111 heavy (non-hydrogen) atoms. The number of anilines is 2. The van der Waals surface area contributed by atoms with Crippen LogP contribution in [0.2, 0.25) is 103 Å². The van der Waals surface area contributed by atoms with Crippen molar-refractivity contribution in [2.75, 3.05) is 144 Å². The number of rotatable bonds is 44. The molecular formula is C76H123Br2N13O16Si4. The van der Waals surface area contributed by atoms with Crippen molar-refractivity contribution in [3.8, 4) is 33.8 Å². The Morgan fingerprint density at radius 1 is 0.514 bits per heavy atom. The second-order valence-electron chi connectivity index (χ2n) is 32.8. The number of hydrogen-bond acceptors (Lipinski definition) is 25. The number of H-pyrrole nitrogens is 1. The summed E-state index contributed by atoms with van der Waals surface area (Å²) < 4.78 is 75.3. The molecule has 0 amide bonds. The molecule has 7 heterocycles. The average Bonchev–Trinajstić information content (AvgIpc) is 1.68. The van der Waals surface area contributed by atoms with Gasteiger partial charge in [-0.3, -0.25) is 14.8 Å². The molecule has 0 radical (unpaired) electrons. The molecule has 0 aromatic carbocycles. The number of nitrogens with zero attached hydrogens (tertiary/aromatic N) is 11. The highest BCUT2D eigenvalue weighted by Gasteiger charge is 2.47. The van der Waals surface area contributed by atoms with E-state index in [-0.39, 0.29) is 61.8 Å². The van der Waals surface area contributed by atoms with E-state index in [2.05, 4.69) is 135 Å². The van der Waals surface area contributed by atoms with E-state index in [0.29, 0.717) is 154 Å². The van der Waals surface area contributed by atoms with Crippen LogP contribution in [0.4, 0.5) is 11.6 Å². The number of aldehydes is 1. The third-order valence-corrected chi connectivity index (χ3v) is 27.6. The number of esters is 2. The number of hydrogen-bond donors (Lipinski definition) is 2. The molecule has 0 atom stereocenters. The number of carbonyl (C=O) groups excluding carboxylic acids is 3. The number of pyridine rings is 2. The number of aromatic nitrogens is 10. The fraction of sp³-hybridized carbons (Fsp3) is 0.632. The maximum Gasteiger partial charge on any atom is 0.338 e. The van der Waals surface area contributed by atoms with E-state index in [1.165, 1.54) is 0 Å². The molecule has 2 aliphatic carbocycles. The van der Waals surface area contributed by atoms with Crippen molar-refractivity contribution in [2.45, 2.75) is 177 Å². The minimum Gasteiger partial charge on any atom is -0.461 e. The topological polar surface area (TPSA) is 350 Å². The molecule has 2 fully saturated rings. The highest BCUT2D eigenvalue weighted by Crippen LogP contribution is 2.47. The lowest BCUT2D eigenvalue weighted by Gasteiger charge is -2.38. The first-order valence-electron chi connectivity index (χ1n) is 37.9.